The topological polar surface area (TPSA) is 50.8 Å². The lowest BCUT2D eigenvalue weighted by molar-refractivity contribution is -0.00498. The summed E-state index contributed by atoms with van der Waals surface area (Å²) in [4.78, 5) is 19.6. The van der Waals surface area contributed by atoms with Crippen molar-refractivity contribution in [1.82, 2.24) is 4.90 Å². The fourth-order valence-electron chi connectivity index (χ4n) is 2.98. The van der Waals surface area contributed by atoms with Crippen LogP contribution in [-0.2, 0) is 22.6 Å². The van der Waals surface area contributed by atoms with Gasteiger partial charge in [-0.3, -0.25) is 10.3 Å². The van der Waals surface area contributed by atoms with Crippen LogP contribution >= 0.6 is 11.6 Å². The van der Waals surface area contributed by atoms with Crippen LogP contribution in [0.15, 0.2) is 48.5 Å². The molecule has 1 aliphatic heterocycles. The van der Waals surface area contributed by atoms with Gasteiger partial charge in [0.15, 0.2) is 0 Å². The van der Waals surface area contributed by atoms with Crippen molar-refractivity contribution in [1.29, 1.82) is 0 Å². The second-order valence-electron chi connectivity index (χ2n) is 8.03. The zero-order valence-corrected chi connectivity index (χ0v) is 17.3. The molecule has 0 aromatic heterocycles. The van der Waals surface area contributed by atoms with Gasteiger partial charge in [-0.1, -0.05) is 35.9 Å². The van der Waals surface area contributed by atoms with Crippen molar-refractivity contribution >= 4 is 23.4 Å². The van der Waals surface area contributed by atoms with E-state index in [1.165, 1.54) is 5.56 Å². The van der Waals surface area contributed by atoms with Gasteiger partial charge < -0.3 is 9.64 Å². The Balaban J connectivity index is 1.45. The van der Waals surface area contributed by atoms with Gasteiger partial charge in [0.05, 0.1) is 12.3 Å². The first-order chi connectivity index (χ1) is 13.3. The minimum Gasteiger partial charge on any atom is -0.444 e. The van der Waals surface area contributed by atoms with E-state index in [0.29, 0.717) is 11.6 Å². The van der Waals surface area contributed by atoms with Gasteiger partial charge in [0.1, 0.15) is 5.60 Å². The van der Waals surface area contributed by atoms with Crippen molar-refractivity contribution in [3.05, 3.63) is 64.7 Å². The maximum atomic E-state index is 12.2. The average Bonchev–Trinajstić information content (AvgIpc) is 2.60. The summed E-state index contributed by atoms with van der Waals surface area (Å²) in [6, 6.07) is 15.8. The Bertz CT molecular complexity index is 785. The summed E-state index contributed by atoms with van der Waals surface area (Å²) in [6.07, 6.45) is 1.60. The van der Waals surface area contributed by atoms with Crippen molar-refractivity contribution in [2.24, 2.45) is 0 Å². The molecule has 1 heterocycles. The van der Waals surface area contributed by atoms with E-state index < -0.39 is 5.60 Å². The Morgan fingerprint density at radius 3 is 2.32 bits per heavy atom. The number of carbonyl (C=O) groups excluding carboxylic acids is 1. The maximum absolute atomic E-state index is 12.2. The normalized spacial score (nSPS) is 16.4. The molecule has 1 saturated heterocycles. The summed E-state index contributed by atoms with van der Waals surface area (Å²) in [5.41, 5.74) is 5.60. The number of likely N-dealkylation sites (tertiary alicyclic amines) is 1. The molecule has 2 aromatic carbocycles. The van der Waals surface area contributed by atoms with Gasteiger partial charge in [-0.2, -0.15) is 0 Å². The fourth-order valence-corrected chi connectivity index (χ4v) is 3.10. The minimum atomic E-state index is -0.462. The lowest BCUT2D eigenvalue weighted by Crippen LogP contribution is -2.53. The van der Waals surface area contributed by atoms with Crippen LogP contribution in [0.3, 0.4) is 0 Å². The summed E-state index contributed by atoms with van der Waals surface area (Å²) >= 11 is 5.88. The number of hydrogen-bond donors (Lipinski definition) is 1. The minimum absolute atomic E-state index is 0.204. The summed E-state index contributed by atoms with van der Waals surface area (Å²) in [7, 11) is 0. The highest BCUT2D eigenvalue weighted by atomic mass is 35.5. The largest absolute Gasteiger partial charge is 0.444 e. The predicted molar refractivity (Wildman–Crippen MR) is 111 cm³/mol. The quantitative estimate of drug-likeness (QED) is 0.654. The van der Waals surface area contributed by atoms with Gasteiger partial charge in [0, 0.05) is 17.6 Å². The van der Waals surface area contributed by atoms with Gasteiger partial charge in [0.2, 0.25) is 0 Å². The Morgan fingerprint density at radius 1 is 1.11 bits per heavy atom. The average molecular weight is 403 g/mol. The van der Waals surface area contributed by atoms with Crippen molar-refractivity contribution in [3.63, 3.8) is 0 Å². The monoisotopic (exact) mass is 402 g/mol. The third-order valence-electron chi connectivity index (χ3n) is 4.54. The molecule has 1 aliphatic rings. The van der Waals surface area contributed by atoms with E-state index >= 15 is 0 Å². The summed E-state index contributed by atoms with van der Waals surface area (Å²) < 4.78 is 5.47. The van der Waals surface area contributed by atoms with E-state index in [0.717, 1.165) is 30.6 Å². The van der Waals surface area contributed by atoms with Crippen LogP contribution in [-0.4, -0.2) is 29.2 Å². The molecule has 1 fully saturated rings. The van der Waals surface area contributed by atoms with E-state index in [2.05, 4.69) is 17.6 Å². The number of amides is 1. The van der Waals surface area contributed by atoms with Crippen LogP contribution in [0, 0.1) is 0 Å². The smallest absolute Gasteiger partial charge is 0.410 e. The van der Waals surface area contributed by atoms with Crippen LogP contribution < -0.4 is 5.48 Å². The first kappa shape index (κ1) is 20.5. The fraction of sp³-hybridized carbons (Fsp3) is 0.409. The molecular formula is C22H27ClN2O3. The van der Waals surface area contributed by atoms with E-state index in [4.69, 9.17) is 21.2 Å². The van der Waals surface area contributed by atoms with Gasteiger partial charge in [0.25, 0.3) is 0 Å². The van der Waals surface area contributed by atoms with Crippen LogP contribution in [0.5, 0.6) is 0 Å². The third kappa shape index (κ3) is 5.88. The summed E-state index contributed by atoms with van der Waals surface area (Å²) in [5.74, 6) is 0. The lowest BCUT2D eigenvalue weighted by atomic mass is 9.95. The molecule has 0 spiro atoms. The SMILES string of the molecule is CC(C)(C)OC(=O)N1CCC1Cc1ccc(NOCc2ccc(Cl)cc2)cc1. The highest BCUT2D eigenvalue weighted by Crippen LogP contribution is 2.25. The second-order valence-corrected chi connectivity index (χ2v) is 8.47. The van der Waals surface area contributed by atoms with Gasteiger partial charge >= 0.3 is 6.09 Å². The number of carbonyl (C=O) groups is 1. The zero-order valence-electron chi connectivity index (χ0n) is 16.6. The van der Waals surface area contributed by atoms with Crippen molar-refractivity contribution in [2.75, 3.05) is 12.0 Å². The van der Waals surface area contributed by atoms with Crippen molar-refractivity contribution < 1.29 is 14.4 Å². The van der Waals surface area contributed by atoms with E-state index in [1.54, 1.807) is 0 Å². The van der Waals surface area contributed by atoms with E-state index in [9.17, 15) is 4.79 Å². The molecule has 2 aromatic rings. The zero-order chi connectivity index (χ0) is 20.1. The predicted octanol–water partition coefficient (Wildman–Crippen LogP) is 5.44. The molecule has 0 bridgehead atoms. The number of halogens is 1. The highest BCUT2D eigenvalue weighted by molar-refractivity contribution is 6.30. The van der Waals surface area contributed by atoms with E-state index in [1.807, 2.05) is 62.1 Å². The van der Waals surface area contributed by atoms with Crippen LogP contribution in [0.2, 0.25) is 5.02 Å². The molecule has 3 rings (SSSR count). The third-order valence-corrected chi connectivity index (χ3v) is 4.79. The van der Waals surface area contributed by atoms with Gasteiger partial charge in [-0.05, 0) is 69.0 Å². The molecule has 5 nitrogen and oxygen atoms in total. The van der Waals surface area contributed by atoms with Gasteiger partial charge in [-0.15, -0.1) is 0 Å². The Morgan fingerprint density at radius 2 is 1.75 bits per heavy atom. The van der Waals surface area contributed by atoms with Crippen molar-refractivity contribution in [2.45, 2.75) is 51.9 Å². The molecule has 1 unspecified atom stereocenters. The molecule has 150 valence electrons. The van der Waals surface area contributed by atoms with Crippen LogP contribution in [0.25, 0.3) is 0 Å². The summed E-state index contributed by atoms with van der Waals surface area (Å²) in [5, 5.41) is 0.712. The van der Waals surface area contributed by atoms with Crippen LogP contribution in [0.1, 0.15) is 38.3 Å². The molecule has 0 radical (unpaired) electrons. The molecule has 0 saturated carbocycles. The molecule has 28 heavy (non-hydrogen) atoms. The second kappa shape index (κ2) is 8.84. The lowest BCUT2D eigenvalue weighted by Gasteiger charge is -2.41. The van der Waals surface area contributed by atoms with Crippen molar-refractivity contribution in [3.8, 4) is 0 Å². The van der Waals surface area contributed by atoms with Crippen LogP contribution in [0.4, 0.5) is 10.5 Å². The standard InChI is InChI=1S/C22H27ClN2O3/c1-22(2,3)28-21(26)25-13-12-20(25)14-16-6-10-19(11-7-16)24-27-15-17-4-8-18(23)9-5-17/h4-11,20,24H,12-15H2,1-3H3. The number of anilines is 1. The van der Waals surface area contributed by atoms with Gasteiger partial charge in [-0.25, -0.2) is 4.79 Å². The molecule has 1 N–H and O–H groups in total. The number of nitrogens with one attached hydrogen (secondary N) is 1. The number of ether oxygens (including phenoxy) is 1. The summed E-state index contributed by atoms with van der Waals surface area (Å²) in [6.45, 7) is 6.88. The molecule has 1 amide bonds. The first-order valence-electron chi connectivity index (χ1n) is 9.51. The number of hydrogen-bond acceptors (Lipinski definition) is 4. The maximum Gasteiger partial charge on any atom is 0.410 e. The molecule has 0 aliphatic carbocycles. The number of nitrogens with zero attached hydrogens (tertiary/aromatic N) is 1. The molecule has 1 atom stereocenters. The highest BCUT2D eigenvalue weighted by Gasteiger charge is 2.35. The van der Waals surface area contributed by atoms with E-state index in [-0.39, 0.29) is 12.1 Å². The Labute approximate surface area is 171 Å². The Hall–Kier alpha value is -2.24. The molecule has 6 heteroatoms. The number of rotatable bonds is 6. The Kier molecular flexibility index (Phi) is 6.47. The number of benzene rings is 2. The molecular weight excluding hydrogens is 376 g/mol. The first-order valence-corrected chi connectivity index (χ1v) is 9.89.